The van der Waals surface area contributed by atoms with Crippen molar-refractivity contribution in [1.82, 2.24) is 0 Å². The number of rotatable bonds is 7. The van der Waals surface area contributed by atoms with Crippen LogP contribution in [-0.4, -0.2) is 23.4 Å². The molecule has 2 atom stereocenters. The topological polar surface area (TPSA) is 40.5 Å². The molecular formula is C11H22O2. The number of hydrogen-bond acceptors (Lipinski definition) is 2. The molecule has 0 saturated heterocycles. The van der Waals surface area contributed by atoms with Gasteiger partial charge in [0.1, 0.15) is 0 Å². The maximum Gasteiger partial charge on any atom is 0.0496 e. The van der Waals surface area contributed by atoms with E-state index in [-0.39, 0.29) is 19.1 Å². The minimum atomic E-state index is 0.182. The highest BCUT2D eigenvalue weighted by molar-refractivity contribution is 4.90. The van der Waals surface area contributed by atoms with Crippen molar-refractivity contribution in [2.45, 2.75) is 33.1 Å². The molecule has 0 heterocycles. The van der Waals surface area contributed by atoms with E-state index in [1.165, 1.54) is 0 Å². The molecule has 0 aliphatic heterocycles. The number of aliphatic hydroxyl groups is 2. The Morgan fingerprint density at radius 3 is 2.46 bits per heavy atom. The molecular weight excluding hydrogens is 164 g/mol. The first-order chi connectivity index (χ1) is 6.26. The Kier molecular flexibility index (Phi) is 8.05. The summed E-state index contributed by atoms with van der Waals surface area (Å²) in [4.78, 5) is 0. The Morgan fingerprint density at radius 2 is 2.00 bits per heavy atom. The largest absolute Gasteiger partial charge is 0.396 e. The zero-order valence-corrected chi connectivity index (χ0v) is 8.74. The van der Waals surface area contributed by atoms with E-state index >= 15 is 0 Å². The van der Waals surface area contributed by atoms with Crippen LogP contribution < -0.4 is 0 Å². The highest BCUT2D eigenvalue weighted by atomic mass is 16.3. The fraction of sp³-hybridized carbons (Fsp3) is 0.818. The second-order valence-electron chi connectivity index (χ2n) is 3.55. The summed E-state index contributed by atoms with van der Waals surface area (Å²) in [7, 11) is 0. The lowest BCUT2D eigenvalue weighted by molar-refractivity contribution is 0.185. The van der Waals surface area contributed by atoms with Gasteiger partial charge in [-0.2, -0.15) is 0 Å². The molecule has 0 rings (SSSR count). The number of hydrogen-bond donors (Lipinski definition) is 2. The molecule has 0 saturated carbocycles. The van der Waals surface area contributed by atoms with E-state index in [2.05, 4.69) is 26.0 Å². The third-order valence-electron chi connectivity index (χ3n) is 2.36. The summed E-state index contributed by atoms with van der Waals surface area (Å²) < 4.78 is 0. The second kappa shape index (κ2) is 8.27. The third kappa shape index (κ3) is 5.83. The molecule has 0 aliphatic rings. The molecule has 0 spiro atoms. The van der Waals surface area contributed by atoms with Crippen molar-refractivity contribution >= 4 is 0 Å². The van der Waals surface area contributed by atoms with Crippen LogP contribution in [0.5, 0.6) is 0 Å². The maximum atomic E-state index is 9.09. The van der Waals surface area contributed by atoms with Gasteiger partial charge >= 0.3 is 0 Å². The Hall–Kier alpha value is -0.340. The van der Waals surface area contributed by atoms with Crippen LogP contribution in [0.25, 0.3) is 0 Å². The van der Waals surface area contributed by atoms with Crippen molar-refractivity contribution in [2.24, 2.45) is 11.8 Å². The Morgan fingerprint density at radius 1 is 1.31 bits per heavy atom. The molecule has 0 amide bonds. The first-order valence-electron chi connectivity index (χ1n) is 5.14. The Labute approximate surface area is 81.3 Å². The molecule has 2 unspecified atom stereocenters. The second-order valence-corrected chi connectivity index (χ2v) is 3.55. The maximum absolute atomic E-state index is 9.09. The van der Waals surface area contributed by atoms with Gasteiger partial charge in [0.2, 0.25) is 0 Å². The van der Waals surface area contributed by atoms with E-state index in [0.717, 1.165) is 19.3 Å². The highest BCUT2D eigenvalue weighted by Crippen LogP contribution is 2.16. The van der Waals surface area contributed by atoms with Gasteiger partial charge in [-0.25, -0.2) is 0 Å². The van der Waals surface area contributed by atoms with Crippen LogP contribution >= 0.6 is 0 Å². The van der Waals surface area contributed by atoms with E-state index in [1.807, 2.05) is 0 Å². The van der Waals surface area contributed by atoms with Gasteiger partial charge < -0.3 is 10.2 Å². The molecule has 78 valence electrons. The molecule has 2 nitrogen and oxygen atoms in total. The van der Waals surface area contributed by atoms with E-state index in [0.29, 0.717) is 5.92 Å². The Bertz CT molecular complexity index is 132. The number of allylic oxidation sites excluding steroid dienone is 1. The van der Waals surface area contributed by atoms with Gasteiger partial charge in [0, 0.05) is 19.1 Å². The minimum Gasteiger partial charge on any atom is -0.396 e. The summed E-state index contributed by atoms with van der Waals surface area (Å²) in [5.74, 6) is 0.571. The van der Waals surface area contributed by atoms with Crippen molar-refractivity contribution < 1.29 is 10.2 Å². The van der Waals surface area contributed by atoms with E-state index in [9.17, 15) is 0 Å². The predicted octanol–water partition coefficient (Wildman–Crippen LogP) is 1.97. The van der Waals surface area contributed by atoms with Crippen molar-refractivity contribution in [1.29, 1.82) is 0 Å². The van der Waals surface area contributed by atoms with Gasteiger partial charge in [-0.1, -0.05) is 32.4 Å². The fourth-order valence-electron chi connectivity index (χ4n) is 1.29. The van der Waals surface area contributed by atoms with Gasteiger partial charge in [-0.3, -0.25) is 0 Å². The number of aliphatic hydroxyl groups excluding tert-OH is 2. The molecule has 0 radical (unpaired) electrons. The summed E-state index contributed by atoms with van der Waals surface area (Å²) in [6.07, 6.45) is 7.17. The zero-order chi connectivity index (χ0) is 10.1. The van der Waals surface area contributed by atoms with E-state index in [4.69, 9.17) is 10.2 Å². The zero-order valence-electron chi connectivity index (χ0n) is 8.74. The molecule has 0 aliphatic carbocycles. The summed E-state index contributed by atoms with van der Waals surface area (Å²) in [6, 6.07) is 0. The monoisotopic (exact) mass is 186 g/mol. The molecule has 0 fully saturated rings. The first kappa shape index (κ1) is 12.7. The predicted molar refractivity (Wildman–Crippen MR) is 55.5 cm³/mol. The third-order valence-corrected chi connectivity index (χ3v) is 2.36. The lowest BCUT2D eigenvalue weighted by atomic mass is 9.91. The van der Waals surface area contributed by atoms with Crippen LogP contribution in [-0.2, 0) is 0 Å². The standard InChI is InChI=1S/C11H22O2/c1-3-4-5-6-11(9-13)10(2)7-8-12/h5-6,10-13H,3-4,7-9H2,1-2H3. The van der Waals surface area contributed by atoms with Crippen molar-refractivity contribution in [3.63, 3.8) is 0 Å². The molecule has 0 bridgehead atoms. The molecule has 0 aromatic carbocycles. The van der Waals surface area contributed by atoms with Crippen molar-refractivity contribution in [3.8, 4) is 0 Å². The summed E-state index contributed by atoms with van der Waals surface area (Å²) in [5.41, 5.74) is 0. The minimum absolute atomic E-state index is 0.182. The van der Waals surface area contributed by atoms with Crippen molar-refractivity contribution in [3.05, 3.63) is 12.2 Å². The van der Waals surface area contributed by atoms with Crippen molar-refractivity contribution in [2.75, 3.05) is 13.2 Å². The van der Waals surface area contributed by atoms with Crippen LogP contribution in [0.4, 0.5) is 0 Å². The SMILES string of the molecule is CCCC=CC(CO)C(C)CCO. The number of unbranched alkanes of at least 4 members (excludes halogenated alkanes) is 1. The average molecular weight is 186 g/mol. The van der Waals surface area contributed by atoms with E-state index < -0.39 is 0 Å². The molecule has 13 heavy (non-hydrogen) atoms. The fourth-order valence-corrected chi connectivity index (χ4v) is 1.29. The highest BCUT2D eigenvalue weighted by Gasteiger charge is 2.11. The summed E-state index contributed by atoms with van der Waals surface area (Å²) >= 11 is 0. The molecule has 2 heteroatoms. The Balaban J connectivity index is 3.85. The normalized spacial score (nSPS) is 16.3. The van der Waals surface area contributed by atoms with Crippen LogP contribution in [0.1, 0.15) is 33.1 Å². The van der Waals surface area contributed by atoms with Crippen LogP contribution in [0.3, 0.4) is 0 Å². The first-order valence-corrected chi connectivity index (χ1v) is 5.14. The van der Waals surface area contributed by atoms with Crippen LogP contribution in [0.15, 0.2) is 12.2 Å². The lowest BCUT2D eigenvalue weighted by Crippen LogP contribution is -2.14. The quantitative estimate of drug-likeness (QED) is 0.597. The van der Waals surface area contributed by atoms with Gasteiger partial charge in [-0.15, -0.1) is 0 Å². The van der Waals surface area contributed by atoms with Crippen LogP contribution in [0.2, 0.25) is 0 Å². The van der Waals surface area contributed by atoms with Gasteiger partial charge in [-0.05, 0) is 18.8 Å². The summed E-state index contributed by atoms with van der Waals surface area (Å²) in [6.45, 7) is 4.59. The molecule has 0 aromatic rings. The molecule has 2 N–H and O–H groups in total. The van der Waals surface area contributed by atoms with Crippen LogP contribution in [0, 0.1) is 11.8 Å². The van der Waals surface area contributed by atoms with E-state index in [1.54, 1.807) is 0 Å². The smallest absolute Gasteiger partial charge is 0.0496 e. The van der Waals surface area contributed by atoms with Gasteiger partial charge in [0.05, 0.1) is 0 Å². The van der Waals surface area contributed by atoms with Gasteiger partial charge in [0.25, 0.3) is 0 Å². The van der Waals surface area contributed by atoms with Gasteiger partial charge in [0.15, 0.2) is 0 Å². The summed E-state index contributed by atoms with van der Waals surface area (Å²) in [5, 5.41) is 17.8. The lowest BCUT2D eigenvalue weighted by Gasteiger charge is -2.17. The average Bonchev–Trinajstić information content (AvgIpc) is 2.13. The molecule has 0 aromatic heterocycles.